The molecule has 2 atom stereocenters. The van der Waals surface area contributed by atoms with Gasteiger partial charge >= 0.3 is 0 Å². The first-order valence-corrected chi connectivity index (χ1v) is 8.07. The van der Waals surface area contributed by atoms with E-state index in [2.05, 4.69) is 59.2 Å². The second-order valence-electron chi connectivity index (χ2n) is 6.13. The van der Waals surface area contributed by atoms with Crippen molar-refractivity contribution in [2.24, 2.45) is 0 Å². The van der Waals surface area contributed by atoms with E-state index in [-0.39, 0.29) is 0 Å². The summed E-state index contributed by atoms with van der Waals surface area (Å²) in [5, 5.41) is 3.56. The van der Waals surface area contributed by atoms with E-state index in [1.165, 1.54) is 23.2 Å². The van der Waals surface area contributed by atoms with Crippen LogP contribution in [0.4, 0.5) is 0 Å². The molecule has 0 aliphatic carbocycles. The smallest absolute Gasteiger partial charge is 0.0948 e. The van der Waals surface area contributed by atoms with Gasteiger partial charge in [-0.25, -0.2) is 4.98 Å². The van der Waals surface area contributed by atoms with Crippen molar-refractivity contribution in [3.05, 3.63) is 53.6 Å². The molecule has 0 saturated carbocycles. The van der Waals surface area contributed by atoms with E-state index in [0.717, 1.165) is 26.1 Å². The van der Waals surface area contributed by atoms with Crippen molar-refractivity contribution in [2.75, 3.05) is 13.1 Å². The van der Waals surface area contributed by atoms with Crippen LogP contribution in [0.25, 0.3) is 0 Å². The number of imidazole rings is 1. The van der Waals surface area contributed by atoms with Gasteiger partial charge in [-0.2, -0.15) is 0 Å². The molecule has 3 nitrogen and oxygen atoms in total. The topological polar surface area (TPSA) is 29.9 Å². The number of benzene rings is 1. The summed E-state index contributed by atoms with van der Waals surface area (Å²) in [6.45, 7) is 7.61. The van der Waals surface area contributed by atoms with Crippen molar-refractivity contribution in [3.8, 4) is 0 Å². The molecule has 2 heterocycles. The molecule has 1 fully saturated rings. The number of nitrogens with zero attached hydrogens (tertiary/aromatic N) is 2. The van der Waals surface area contributed by atoms with Crippen LogP contribution >= 0.6 is 0 Å². The standard InChI is InChI=1S/C18H25N3/c1-3-10-21-13-20-12-18(21)16-8-9-19-11-17(16)15-6-4-14(2)5-7-15/h4-7,12-13,16-17,19H,3,8-11H2,1-2H3. The third kappa shape index (κ3) is 3.03. The predicted octanol–water partition coefficient (Wildman–Crippen LogP) is 3.46. The Bertz CT molecular complexity index is 570. The van der Waals surface area contributed by atoms with Gasteiger partial charge in [-0.1, -0.05) is 36.8 Å². The van der Waals surface area contributed by atoms with Crippen LogP contribution in [0.3, 0.4) is 0 Å². The van der Waals surface area contributed by atoms with E-state index < -0.39 is 0 Å². The molecule has 0 radical (unpaired) electrons. The molecule has 3 rings (SSSR count). The van der Waals surface area contributed by atoms with Gasteiger partial charge in [0.25, 0.3) is 0 Å². The summed E-state index contributed by atoms with van der Waals surface area (Å²) in [7, 11) is 0. The SMILES string of the molecule is CCCn1cncc1C1CCNCC1c1ccc(C)cc1. The first kappa shape index (κ1) is 14.3. The van der Waals surface area contributed by atoms with Gasteiger partial charge in [-0.05, 0) is 31.9 Å². The molecule has 0 spiro atoms. The van der Waals surface area contributed by atoms with Crippen LogP contribution in [0, 0.1) is 6.92 Å². The highest BCUT2D eigenvalue weighted by atomic mass is 15.0. The number of rotatable bonds is 4. The Labute approximate surface area is 127 Å². The molecule has 2 aromatic rings. The Morgan fingerprint density at radius 2 is 2.05 bits per heavy atom. The summed E-state index contributed by atoms with van der Waals surface area (Å²) in [4.78, 5) is 4.40. The van der Waals surface area contributed by atoms with E-state index in [1.807, 2.05) is 6.33 Å². The van der Waals surface area contributed by atoms with E-state index in [1.54, 1.807) is 0 Å². The Morgan fingerprint density at radius 1 is 1.24 bits per heavy atom. The lowest BCUT2D eigenvalue weighted by Crippen LogP contribution is -2.34. The average Bonchev–Trinajstić information content (AvgIpc) is 2.97. The highest BCUT2D eigenvalue weighted by molar-refractivity contribution is 5.29. The van der Waals surface area contributed by atoms with Crippen LogP contribution in [-0.4, -0.2) is 22.6 Å². The van der Waals surface area contributed by atoms with Gasteiger partial charge in [-0.15, -0.1) is 0 Å². The second-order valence-corrected chi connectivity index (χ2v) is 6.13. The first-order chi connectivity index (χ1) is 10.3. The van der Waals surface area contributed by atoms with Gasteiger partial charge in [0, 0.05) is 36.8 Å². The maximum atomic E-state index is 4.40. The minimum Gasteiger partial charge on any atom is -0.334 e. The maximum absolute atomic E-state index is 4.40. The number of hydrogen-bond donors (Lipinski definition) is 1. The van der Waals surface area contributed by atoms with E-state index in [4.69, 9.17) is 0 Å². The summed E-state index contributed by atoms with van der Waals surface area (Å²) in [5.41, 5.74) is 4.18. The Hall–Kier alpha value is -1.61. The molecule has 2 unspecified atom stereocenters. The normalized spacial score (nSPS) is 22.4. The zero-order valence-electron chi connectivity index (χ0n) is 13.0. The van der Waals surface area contributed by atoms with Crippen molar-refractivity contribution in [3.63, 3.8) is 0 Å². The quantitative estimate of drug-likeness (QED) is 0.931. The molecule has 1 N–H and O–H groups in total. The number of aromatic nitrogens is 2. The number of nitrogens with one attached hydrogen (secondary N) is 1. The minimum atomic E-state index is 0.548. The fourth-order valence-electron chi connectivity index (χ4n) is 3.44. The Balaban J connectivity index is 1.90. The van der Waals surface area contributed by atoms with Crippen molar-refractivity contribution < 1.29 is 0 Å². The Morgan fingerprint density at radius 3 is 2.81 bits per heavy atom. The van der Waals surface area contributed by atoms with Crippen LogP contribution < -0.4 is 5.32 Å². The molecule has 1 aromatic heterocycles. The summed E-state index contributed by atoms with van der Waals surface area (Å²) in [5.74, 6) is 1.12. The van der Waals surface area contributed by atoms with Gasteiger partial charge in [-0.3, -0.25) is 0 Å². The third-order valence-corrected chi connectivity index (χ3v) is 4.58. The molecule has 1 aromatic carbocycles. The lowest BCUT2D eigenvalue weighted by atomic mass is 9.79. The molecule has 3 heteroatoms. The minimum absolute atomic E-state index is 0.548. The highest BCUT2D eigenvalue weighted by Crippen LogP contribution is 2.37. The van der Waals surface area contributed by atoms with Crippen LogP contribution in [0.5, 0.6) is 0 Å². The lowest BCUT2D eigenvalue weighted by molar-refractivity contribution is 0.387. The fourth-order valence-corrected chi connectivity index (χ4v) is 3.44. The van der Waals surface area contributed by atoms with E-state index in [0.29, 0.717) is 11.8 Å². The van der Waals surface area contributed by atoms with Gasteiger partial charge in [0.15, 0.2) is 0 Å². The fraction of sp³-hybridized carbons (Fsp3) is 0.500. The molecule has 1 saturated heterocycles. The first-order valence-electron chi connectivity index (χ1n) is 8.07. The van der Waals surface area contributed by atoms with Crippen molar-refractivity contribution in [2.45, 2.75) is 45.1 Å². The van der Waals surface area contributed by atoms with Crippen LogP contribution in [0.1, 0.15) is 48.4 Å². The van der Waals surface area contributed by atoms with E-state index in [9.17, 15) is 0 Å². The molecule has 112 valence electrons. The molecular weight excluding hydrogens is 258 g/mol. The van der Waals surface area contributed by atoms with Crippen LogP contribution in [0.2, 0.25) is 0 Å². The van der Waals surface area contributed by atoms with Crippen molar-refractivity contribution in [1.29, 1.82) is 0 Å². The molecule has 0 bridgehead atoms. The number of hydrogen-bond acceptors (Lipinski definition) is 2. The van der Waals surface area contributed by atoms with Gasteiger partial charge in [0.05, 0.1) is 6.33 Å². The van der Waals surface area contributed by atoms with Crippen LogP contribution in [-0.2, 0) is 6.54 Å². The van der Waals surface area contributed by atoms with Gasteiger partial charge in [0.1, 0.15) is 0 Å². The summed E-state index contributed by atoms with van der Waals surface area (Å²) in [6, 6.07) is 9.04. The zero-order chi connectivity index (χ0) is 14.7. The van der Waals surface area contributed by atoms with Crippen LogP contribution in [0.15, 0.2) is 36.8 Å². The summed E-state index contributed by atoms with van der Waals surface area (Å²) in [6.07, 6.45) is 6.41. The summed E-state index contributed by atoms with van der Waals surface area (Å²) >= 11 is 0. The van der Waals surface area contributed by atoms with Crippen molar-refractivity contribution in [1.82, 2.24) is 14.9 Å². The monoisotopic (exact) mass is 283 g/mol. The molecule has 21 heavy (non-hydrogen) atoms. The molecule has 1 aliphatic heterocycles. The lowest BCUT2D eigenvalue weighted by Gasteiger charge is -2.33. The van der Waals surface area contributed by atoms with E-state index >= 15 is 0 Å². The zero-order valence-corrected chi connectivity index (χ0v) is 13.0. The maximum Gasteiger partial charge on any atom is 0.0948 e. The molecule has 1 aliphatic rings. The van der Waals surface area contributed by atoms with Crippen molar-refractivity contribution >= 4 is 0 Å². The molecule has 0 amide bonds. The second kappa shape index (κ2) is 6.44. The number of piperidine rings is 1. The largest absolute Gasteiger partial charge is 0.334 e. The molecular formula is C18H25N3. The third-order valence-electron chi connectivity index (χ3n) is 4.58. The highest BCUT2D eigenvalue weighted by Gasteiger charge is 2.29. The summed E-state index contributed by atoms with van der Waals surface area (Å²) < 4.78 is 2.34. The average molecular weight is 283 g/mol. The number of aryl methyl sites for hydroxylation is 2. The van der Waals surface area contributed by atoms with Gasteiger partial charge < -0.3 is 9.88 Å². The predicted molar refractivity (Wildman–Crippen MR) is 86.7 cm³/mol. The van der Waals surface area contributed by atoms with Gasteiger partial charge in [0.2, 0.25) is 0 Å². The Kier molecular flexibility index (Phi) is 4.39.